The second-order valence-electron chi connectivity index (χ2n) is 8.20. The third-order valence-electron chi connectivity index (χ3n) is 4.92. The largest absolute Gasteiger partial charge is 0.444 e. The van der Waals surface area contributed by atoms with E-state index in [1.165, 1.54) is 0 Å². The van der Waals surface area contributed by atoms with Crippen molar-refractivity contribution in [3.8, 4) is 0 Å². The summed E-state index contributed by atoms with van der Waals surface area (Å²) in [4.78, 5) is 27.0. The number of carbonyl (C=O) groups is 2. The summed E-state index contributed by atoms with van der Waals surface area (Å²) in [5, 5.41) is 3.89. The molecule has 0 aliphatic carbocycles. The van der Waals surface area contributed by atoms with Crippen molar-refractivity contribution in [2.24, 2.45) is 0 Å². The molecule has 3 rings (SSSR count). The molecular formula is C21H28BrN3O3. The molecule has 0 spiro atoms. The summed E-state index contributed by atoms with van der Waals surface area (Å²) >= 11 is 3.51. The number of nitrogens with one attached hydrogen (secondary N) is 1. The molecule has 0 unspecified atom stereocenters. The van der Waals surface area contributed by atoms with E-state index in [-0.39, 0.29) is 11.9 Å². The average molecular weight is 450 g/mol. The van der Waals surface area contributed by atoms with Gasteiger partial charge in [-0.25, -0.2) is 4.79 Å². The summed E-state index contributed by atoms with van der Waals surface area (Å²) in [6.07, 6.45) is 3.00. The summed E-state index contributed by atoms with van der Waals surface area (Å²) in [7, 11) is 0. The number of fused-ring (bicyclic) bond motifs is 1. The first-order valence-electron chi connectivity index (χ1n) is 9.75. The molecule has 2 heterocycles. The van der Waals surface area contributed by atoms with Gasteiger partial charge in [0.1, 0.15) is 5.60 Å². The number of likely N-dealkylation sites (tertiary alicyclic amines) is 1. The Hall–Kier alpha value is -2.02. The highest BCUT2D eigenvalue weighted by Gasteiger charge is 2.27. The van der Waals surface area contributed by atoms with Crippen LogP contribution in [-0.4, -0.2) is 46.2 Å². The fourth-order valence-electron chi connectivity index (χ4n) is 3.57. The zero-order valence-electron chi connectivity index (χ0n) is 16.9. The van der Waals surface area contributed by atoms with Crippen molar-refractivity contribution >= 4 is 38.8 Å². The fourth-order valence-corrected chi connectivity index (χ4v) is 3.92. The lowest BCUT2D eigenvalue weighted by molar-refractivity contribution is 0.0474. The van der Waals surface area contributed by atoms with Crippen LogP contribution in [-0.2, 0) is 11.3 Å². The number of aromatic nitrogens is 1. The molecule has 1 fully saturated rings. The first kappa shape index (κ1) is 20.7. The van der Waals surface area contributed by atoms with Crippen LogP contribution < -0.4 is 5.32 Å². The number of hydrogen-bond donors (Lipinski definition) is 1. The van der Waals surface area contributed by atoms with Crippen LogP contribution in [0.5, 0.6) is 0 Å². The summed E-state index contributed by atoms with van der Waals surface area (Å²) in [5.41, 5.74) is 1.29. The molecule has 7 heteroatoms. The number of hydrogen-bond acceptors (Lipinski definition) is 3. The van der Waals surface area contributed by atoms with Crippen LogP contribution in [0.15, 0.2) is 28.9 Å². The van der Waals surface area contributed by atoms with Gasteiger partial charge in [-0.3, -0.25) is 4.79 Å². The van der Waals surface area contributed by atoms with Crippen molar-refractivity contribution in [2.75, 3.05) is 13.1 Å². The van der Waals surface area contributed by atoms with Crippen molar-refractivity contribution < 1.29 is 14.3 Å². The van der Waals surface area contributed by atoms with Crippen LogP contribution >= 0.6 is 15.9 Å². The van der Waals surface area contributed by atoms with E-state index in [0.29, 0.717) is 13.1 Å². The van der Waals surface area contributed by atoms with Crippen molar-refractivity contribution in [2.45, 2.75) is 58.7 Å². The SMILES string of the molecule is CCn1cc(C(=O)N2CCC(NC(=O)OC(C)(C)C)CC2)c2ccc(Br)cc21. The van der Waals surface area contributed by atoms with Crippen molar-refractivity contribution in [3.63, 3.8) is 0 Å². The molecule has 1 N–H and O–H groups in total. The predicted octanol–water partition coefficient (Wildman–Crippen LogP) is 4.55. The number of benzene rings is 1. The van der Waals surface area contributed by atoms with Crippen molar-refractivity contribution in [3.05, 3.63) is 34.4 Å². The van der Waals surface area contributed by atoms with E-state index in [2.05, 4.69) is 32.7 Å². The maximum atomic E-state index is 13.1. The van der Waals surface area contributed by atoms with Crippen molar-refractivity contribution in [1.82, 2.24) is 14.8 Å². The molecule has 1 aliphatic heterocycles. The number of halogens is 1. The van der Waals surface area contributed by atoms with Gasteiger partial charge in [0, 0.05) is 47.2 Å². The molecule has 2 amide bonds. The Morgan fingerprint density at radius 3 is 2.54 bits per heavy atom. The quantitative estimate of drug-likeness (QED) is 0.746. The number of aryl methyl sites for hydroxylation is 1. The van der Waals surface area contributed by atoms with Crippen LogP contribution in [0.1, 0.15) is 50.9 Å². The molecule has 1 aliphatic rings. The molecular weight excluding hydrogens is 422 g/mol. The normalized spacial score (nSPS) is 15.7. The monoisotopic (exact) mass is 449 g/mol. The Morgan fingerprint density at radius 2 is 1.93 bits per heavy atom. The Morgan fingerprint density at radius 1 is 1.25 bits per heavy atom. The van der Waals surface area contributed by atoms with Gasteiger partial charge in [-0.2, -0.15) is 0 Å². The Kier molecular flexibility index (Phi) is 6.03. The highest BCUT2D eigenvalue weighted by Crippen LogP contribution is 2.27. The molecule has 1 aromatic carbocycles. The number of rotatable bonds is 3. The van der Waals surface area contributed by atoms with Gasteiger partial charge in [0.25, 0.3) is 5.91 Å². The maximum absolute atomic E-state index is 13.1. The first-order chi connectivity index (χ1) is 13.2. The molecule has 152 valence electrons. The molecule has 1 saturated heterocycles. The molecule has 2 aromatic rings. The highest BCUT2D eigenvalue weighted by molar-refractivity contribution is 9.10. The first-order valence-corrected chi connectivity index (χ1v) is 10.5. The van der Waals surface area contributed by atoms with E-state index >= 15 is 0 Å². The molecule has 6 nitrogen and oxygen atoms in total. The van der Waals surface area contributed by atoms with Gasteiger partial charge in [-0.15, -0.1) is 0 Å². The van der Waals surface area contributed by atoms with Gasteiger partial charge < -0.3 is 19.5 Å². The zero-order valence-corrected chi connectivity index (χ0v) is 18.5. The number of nitrogens with zero attached hydrogens (tertiary/aromatic N) is 2. The molecule has 0 atom stereocenters. The number of ether oxygens (including phenoxy) is 1. The Balaban J connectivity index is 1.66. The second-order valence-corrected chi connectivity index (χ2v) is 9.12. The van der Waals surface area contributed by atoms with Gasteiger partial charge in [0.2, 0.25) is 0 Å². The minimum absolute atomic E-state index is 0.0341. The highest BCUT2D eigenvalue weighted by atomic mass is 79.9. The standard InChI is InChI=1S/C21H28BrN3O3/c1-5-24-13-17(16-7-6-14(22)12-18(16)24)19(26)25-10-8-15(9-11-25)23-20(27)28-21(2,3)4/h6-7,12-13,15H,5,8-11H2,1-4H3,(H,23,27). The van der Waals surface area contributed by atoms with E-state index in [1.807, 2.05) is 50.1 Å². The minimum Gasteiger partial charge on any atom is -0.444 e. The maximum Gasteiger partial charge on any atom is 0.407 e. The lowest BCUT2D eigenvalue weighted by atomic mass is 10.0. The van der Waals surface area contributed by atoms with E-state index < -0.39 is 11.7 Å². The molecule has 1 aromatic heterocycles. The van der Waals surface area contributed by atoms with Gasteiger partial charge in [0.15, 0.2) is 0 Å². The molecule has 0 bridgehead atoms. The zero-order chi connectivity index (χ0) is 20.5. The number of amides is 2. The summed E-state index contributed by atoms with van der Waals surface area (Å²) in [6, 6.07) is 6.05. The average Bonchev–Trinajstić information content (AvgIpc) is 2.98. The van der Waals surface area contributed by atoms with E-state index in [0.717, 1.165) is 40.3 Å². The summed E-state index contributed by atoms with van der Waals surface area (Å²) in [6.45, 7) is 9.66. The number of piperidine rings is 1. The molecule has 28 heavy (non-hydrogen) atoms. The Labute approximate surface area is 174 Å². The van der Waals surface area contributed by atoms with Gasteiger partial charge in [-0.1, -0.05) is 22.0 Å². The minimum atomic E-state index is -0.511. The lowest BCUT2D eigenvalue weighted by Crippen LogP contribution is -2.47. The Bertz CT molecular complexity index is 877. The number of alkyl carbamates (subject to hydrolysis) is 1. The lowest BCUT2D eigenvalue weighted by Gasteiger charge is -2.32. The van der Waals surface area contributed by atoms with E-state index in [9.17, 15) is 9.59 Å². The van der Waals surface area contributed by atoms with Crippen LogP contribution in [0.3, 0.4) is 0 Å². The van der Waals surface area contributed by atoms with Gasteiger partial charge in [-0.05, 0) is 52.7 Å². The van der Waals surface area contributed by atoms with Crippen LogP contribution in [0.4, 0.5) is 4.79 Å². The van der Waals surface area contributed by atoms with Crippen molar-refractivity contribution in [1.29, 1.82) is 0 Å². The topological polar surface area (TPSA) is 63.6 Å². The summed E-state index contributed by atoms with van der Waals surface area (Å²) < 4.78 is 8.42. The predicted molar refractivity (Wildman–Crippen MR) is 114 cm³/mol. The van der Waals surface area contributed by atoms with Crippen LogP contribution in [0, 0.1) is 0 Å². The number of carbonyl (C=O) groups excluding carboxylic acids is 2. The summed E-state index contributed by atoms with van der Waals surface area (Å²) in [5.74, 6) is 0.0511. The van der Waals surface area contributed by atoms with Crippen LogP contribution in [0.25, 0.3) is 10.9 Å². The van der Waals surface area contributed by atoms with Gasteiger partial charge >= 0.3 is 6.09 Å². The van der Waals surface area contributed by atoms with E-state index in [4.69, 9.17) is 4.74 Å². The van der Waals surface area contributed by atoms with Gasteiger partial charge in [0.05, 0.1) is 5.56 Å². The van der Waals surface area contributed by atoms with E-state index in [1.54, 1.807) is 0 Å². The fraction of sp³-hybridized carbons (Fsp3) is 0.524. The smallest absolute Gasteiger partial charge is 0.407 e. The second kappa shape index (κ2) is 8.15. The molecule has 0 saturated carbocycles. The van der Waals surface area contributed by atoms with Crippen LogP contribution in [0.2, 0.25) is 0 Å². The third kappa shape index (κ3) is 4.69. The molecule has 0 radical (unpaired) electrons. The third-order valence-corrected chi connectivity index (χ3v) is 5.41.